The number of ether oxygens (including phenoxy) is 2. The molecule has 31 heavy (non-hydrogen) atoms. The van der Waals surface area contributed by atoms with Crippen LogP contribution in [0.5, 0.6) is 11.5 Å². The minimum atomic E-state index is -0.215. The Morgan fingerprint density at radius 3 is 2.42 bits per heavy atom. The van der Waals surface area contributed by atoms with Crippen molar-refractivity contribution in [2.45, 2.75) is 12.8 Å². The summed E-state index contributed by atoms with van der Waals surface area (Å²) in [6.45, 7) is 0.968. The van der Waals surface area contributed by atoms with E-state index in [4.69, 9.17) is 32.7 Å². The molecule has 7 nitrogen and oxygen atoms in total. The Morgan fingerprint density at radius 1 is 1.06 bits per heavy atom. The van der Waals surface area contributed by atoms with Crippen LogP contribution < -0.4 is 14.9 Å². The molecule has 1 N–H and O–H groups in total. The summed E-state index contributed by atoms with van der Waals surface area (Å²) in [5.74, 6) is 0.568. The van der Waals surface area contributed by atoms with Gasteiger partial charge in [0.05, 0.1) is 25.5 Å². The Labute approximate surface area is 190 Å². The van der Waals surface area contributed by atoms with Gasteiger partial charge in [-0.15, -0.1) is 0 Å². The van der Waals surface area contributed by atoms with Crippen molar-refractivity contribution in [3.8, 4) is 11.5 Å². The molecule has 1 saturated heterocycles. The van der Waals surface area contributed by atoms with E-state index in [9.17, 15) is 9.59 Å². The second-order valence-corrected chi connectivity index (χ2v) is 7.88. The molecular formula is C22H23Cl2N3O4. The molecule has 1 aliphatic heterocycles. The molecular weight excluding hydrogens is 441 g/mol. The van der Waals surface area contributed by atoms with E-state index >= 15 is 0 Å². The normalized spacial score (nSPS) is 14.5. The van der Waals surface area contributed by atoms with Gasteiger partial charge < -0.3 is 14.4 Å². The standard InChI is InChI=1S/C22H23Cl2N3O4/c1-30-19-6-4-15(11-20(19)31-2)22(29)27-9-7-14(8-10-27)21(28)26-25-13-16-3-5-17(23)12-18(16)24/h3-6,11-14H,7-10H2,1-2H3,(H,26,28)/b25-13-. The third kappa shape index (κ3) is 5.68. The van der Waals surface area contributed by atoms with E-state index in [2.05, 4.69) is 10.5 Å². The van der Waals surface area contributed by atoms with Gasteiger partial charge in [0.1, 0.15) is 0 Å². The third-order valence-electron chi connectivity index (χ3n) is 5.12. The summed E-state index contributed by atoms with van der Waals surface area (Å²) in [6.07, 6.45) is 2.59. The first-order valence-corrected chi connectivity index (χ1v) is 10.5. The number of hydrogen-bond acceptors (Lipinski definition) is 5. The van der Waals surface area contributed by atoms with Crippen LogP contribution in [0.15, 0.2) is 41.5 Å². The summed E-state index contributed by atoms with van der Waals surface area (Å²) in [5.41, 5.74) is 3.72. The van der Waals surface area contributed by atoms with Gasteiger partial charge in [-0.3, -0.25) is 9.59 Å². The van der Waals surface area contributed by atoms with E-state index in [0.29, 0.717) is 58.6 Å². The number of likely N-dealkylation sites (tertiary alicyclic amines) is 1. The molecule has 1 fully saturated rings. The number of benzene rings is 2. The van der Waals surface area contributed by atoms with Gasteiger partial charge in [0.25, 0.3) is 5.91 Å². The quantitative estimate of drug-likeness (QED) is 0.518. The maximum absolute atomic E-state index is 12.8. The Morgan fingerprint density at radius 2 is 1.77 bits per heavy atom. The zero-order valence-corrected chi connectivity index (χ0v) is 18.7. The van der Waals surface area contributed by atoms with Gasteiger partial charge in [-0.25, -0.2) is 5.43 Å². The minimum Gasteiger partial charge on any atom is -0.493 e. The van der Waals surface area contributed by atoms with Gasteiger partial charge in [-0.05, 0) is 43.2 Å². The van der Waals surface area contributed by atoms with Crippen molar-refractivity contribution < 1.29 is 19.1 Å². The first-order chi connectivity index (χ1) is 14.9. The Hall–Kier alpha value is -2.77. The van der Waals surface area contributed by atoms with Crippen LogP contribution in [-0.2, 0) is 4.79 Å². The largest absolute Gasteiger partial charge is 0.493 e. The molecule has 2 aromatic carbocycles. The number of methoxy groups -OCH3 is 2. The number of piperidine rings is 1. The fourth-order valence-electron chi connectivity index (χ4n) is 3.36. The zero-order valence-electron chi connectivity index (χ0n) is 17.2. The fourth-order valence-corrected chi connectivity index (χ4v) is 3.82. The highest BCUT2D eigenvalue weighted by Crippen LogP contribution is 2.29. The predicted octanol–water partition coefficient (Wildman–Crippen LogP) is 4.01. The molecule has 0 atom stereocenters. The summed E-state index contributed by atoms with van der Waals surface area (Å²) in [6, 6.07) is 10.1. The van der Waals surface area contributed by atoms with Gasteiger partial charge >= 0.3 is 0 Å². The number of rotatable bonds is 6. The molecule has 0 aromatic heterocycles. The second kappa shape index (κ2) is 10.5. The number of carbonyl (C=O) groups is 2. The minimum absolute atomic E-state index is 0.102. The van der Waals surface area contributed by atoms with E-state index in [0.717, 1.165) is 0 Å². The summed E-state index contributed by atoms with van der Waals surface area (Å²) in [5, 5.41) is 4.97. The average Bonchev–Trinajstić information content (AvgIpc) is 2.79. The van der Waals surface area contributed by atoms with Crippen molar-refractivity contribution in [2.75, 3.05) is 27.3 Å². The van der Waals surface area contributed by atoms with Gasteiger partial charge in [0, 0.05) is 35.2 Å². The molecule has 1 aliphatic rings. The number of amides is 2. The van der Waals surface area contributed by atoms with Crippen molar-refractivity contribution in [2.24, 2.45) is 11.0 Å². The van der Waals surface area contributed by atoms with Gasteiger partial charge in [-0.2, -0.15) is 5.10 Å². The number of halogens is 2. The van der Waals surface area contributed by atoms with Crippen LogP contribution in [-0.4, -0.2) is 50.2 Å². The molecule has 0 saturated carbocycles. The molecule has 3 rings (SSSR count). The first kappa shape index (κ1) is 22.9. The molecule has 9 heteroatoms. The van der Waals surface area contributed by atoms with Crippen LogP contribution >= 0.6 is 23.2 Å². The molecule has 1 heterocycles. The van der Waals surface area contributed by atoms with Crippen molar-refractivity contribution in [3.63, 3.8) is 0 Å². The van der Waals surface area contributed by atoms with Gasteiger partial charge in [-0.1, -0.05) is 29.3 Å². The fraction of sp³-hybridized carbons (Fsp3) is 0.318. The number of hydrogen-bond donors (Lipinski definition) is 1. The molecule has 2 amide bonds. The third-order valence-corrected chi connectivity index (χ3v) is 5.69. The van der Waals surface area contributed by atoms with E-state index in [1.165, 1.54) is 13.3 Å². The smallest absolute Gasteiger partial charge is 0.253 e. The zero-order chi connectivity index (χ0) is 22.4. The van der Waals surface area contributed by atoms with Crippen LogP contribution in [0.4, 0.5) is 0 Å². The number of carbonyl (C=O) groups excluding carboxylic acids is 2. The predicted molar refractivity (Wildman–Crippen MR) is 120 cm³/mol. The molecule has 0 unspecified atom stereocenters. The summed E-state index contributed by atoms with van der Waals surface area (Å²) < 4.78 is 10.5. The molecule has 0 aliphatic carbocycles. The Bertz CT molecular complexity index is 989. The second-order valence-electron chi connectivity index (χ2n) is 7.04. The molecule has 0 bridgehead atoms. The highest BCUT2D eigenvalue weighted by atomic mass is 35.5. The number of hydrazone groups is 1. The number of nitrogens with one attached hydrogen (secondary N) is 1. The summed E-state index contributed by atoms with van der Waals surface area (Å²) in [4.78, 5) is 27.0. The van der Waals surface area contributed by atoms with Crippen LogP contribution in [0, 0.1) is 5.92 Å². The molecule has 0 radical (unpaired) electrons. The summed E-state index contributed by atoms with van der Waals surface area (Å²) >= 11 is 12.0. The molecule has 2 aromatic rings. The van der Waals surface area contributed by atoms with Crippen molar-refractivity contribution in [1.29, 1.82) is 0 Å². The van der Waals surface area contributed by atoms with Crippen LogP contribution in [0.3, 0.4) is 0 Å². The highest BCUT2D eigenvalue weighted by Gasteiger charge is 2.28. The lowest BCUT2D eigenvalue weighted by Crippen LogP contribution is -2.42. The topological polar surface area (TPSA) is 80.2 Å². The molecule has 0 spiro atoms. The van der Waals surface area contributed by atoms with Gasteiger partial charge in [0.15, 0.2) is 11.5 Å². The summed E-state index contributed by atoms with van der Waals surface area (Å²) in [7, 11) is 3.07. The highest BCUT2D eigenvalue weighted by molar-refractivity contribution is 6.36. The Balaban J connectivity index is 1.53. The maximum atomic E-state index is 12.8. The van der Waals surface area contributed by atoms with Crippen LogP contribution in [0.1, 0.15) is 28.8 Å². The average molecular weight is 464 g/mol. The van der Waals surface area contributed by atoms with E-state index in [1.807, 2.05) is 0 Å². The Kier molecular flexibility index (Phi) is 7.76. The van der Waals surface area contributed by atoms with E-state index in [-0.39, 0.29) is 17.7 Å². The monoisotopic (exact) mass is 463 g/mol. The first-order valence-electron chi connectivity index (χ1n) is 9.72. The SMILES string of the molecule is COc1ccc(C(=O)N2CCC(C(=O)N/N=C\c3ccc(Cl)cc3Cl)CC2)cc1OC. The van der Waals surface area contributed by atoms with E-state index in [1.54, 1.807) is 48.4 Å². The van der Waals surface area contributed by atoms with Crippen molar-refractivity contribution in [1.82, 2.24) is 10.3 Å². The number of nitrogens with zero attached hydrogens (tertiary/aromatic N) is 2. The van der Waals surface area contributed by atoms with E-state index < -0.39 is 0 Å². The lowest BCUT2D eigenvalue weighted by Gasteiger charge is -2.31. The maximum Gasteiger partial charge on any atom is 0.253 e. The molecule has 164 valence electrons. The van der Waals surface area contributed by atoms with Crippen LogP contribution in [0.2, 0.25) is 10.0 Å². The lowest BCUT2D eigenvalue weighted by atomic mass is 9.95. The van der Waals surface area contributed by atoms with Crippen molar-refractivity contribution >= 4 is 41.2 Å². The van der Waals surface area contributed by atoms with Crippen LogP contribution in [0.25, 0.3) is 0 Å². The lowest BCUT2D eigenvalue weighted by molar-refractivity contribution is -0.126. The van der Waals surface area contributed by atoms with Gasteiger partial charge in [0.2, 0.25) is 5.91 Å². The van der Waals surface area contributed by atoms with Crippen molar-refractivity contribution in [3.05, 3.63) is 57.6 Å².